The van der Waals surface area contributed by atoms with Crippen LogP contribution in [0.1, 0.15) is 12.8 Å². The summed E-state index contributed by atoms with van der Waals surface area (Å²) in [5.74, 6) is -2.33. The Morgan fingerprint density at radius 1 is 1.50 bits per heavy atom. The smallest absolute Gasteiger partial charge is 0.394 e. The van der Waals surface area contributed by atoms with E-state index in [0.29, 0.717) is 6.54 Å². The lowest BCUT2D eigenvalue weighted by Gasteiger charge is -2.22. The van der Waals surface area contributed by atoms with Gasteiger partial charge in [0.05, 0.1) is 0 Å². The lowest BCUT2D eigenvalue weighted by atomic mass is 10.1. The molecule has 1 fully saturated rings. The second-order valence-electron chi connectivity index (χ2n) is 2.82. The summed E-state index contributed by atoms with van der Waals surface area (Å²) in [4.78, 5) is 20.8. The second kappa shape index (κ2) is 4.06. The Hall–Kier alpha value is -1.10. The van der Waals surface area contributed by atoms with E-state index >= 15 is 0 Å². The molecule has 5 heteroatoms. The number of amides is 1. The van der Waals surface area contributed by atoms with Gasteiger partial charge in [-0.15, -0.1) is 0 Å². The third-order valence-corrected chi connectivity index (χ3v) is 1.83. The van der Waals surface area contributed by atoms with Crippen LogP contribution >= 0.6 is 0 Å². The zero-order valence-corrected chi connectivity index (χ0v) is 6.67. The summed E-state index contributed by atoms with van der Waals surface area (Å²) >= 11 is 0. The number of carboxylic acids is 1. The molecule has 1 aliphatic heterocycles. The van der Waals surface area contributed by atoms with E-state index < -0.39 is 11.9 Å². The molecular weight excluding hydrogens is 160 g/mol. The summed E-state index contributed by atoms with van der Waals surface area (Å²) in [5.41, 5.74) is 0. The Morgan fingerprint density at radius 2 is 2.25 bits per heavy atom. The molecule has 1 unspecified atom stereocenters. The van der Waals surface area contributed by atoms with Crippen LogP contribution < -0.4 is 10.6 Å². The molecule has 0 aromatic carbocycles. The summed E-state index contributed by atoms with van der Waals surface area (Å²) in [6.07, 6.45) is 1.83. The van der Waals surface area contributed by atoms with Crippen molar-refractivity contribution in [2.45, 2.75) is 18.9 Å². The van der Waals surface area contributed by atoms with E-state index in [1.807, 2.05) is 0 Å². The highest BCUT2D eigenvalue weighted by Gasteiger charge is 2.18. The minimum atomic E-state index is -1.42. The first-order chi connectivity index (χ1) is 5.70. The van der Waals surface area contributed by atoms with Crippen LogP contribution in [0.15, 0.2) is 0 Å². The largest absolute Gasteiger partial charge is 0.474 e. The molecule has 1 heterocycles. The molecule has 1 amide bonds. The fourth-order valence-corrected chi connectivity index (χ4v) is 1.22. The summed E-state index contributed by atoms with van der Waals surface area (Å²) in [5, 5.41) is 13.8. The number of hydrogen-bond donors (Lipinski definition) is 3. The predicted octanol–water partition coefficient (Wildman–Crippen LogP) is -1.06. The summed E-state index contributed by atoms with van der Waals surface area (Å²) < 4.78 is 0. The van der Waals surface area contributed by atoms with Crippen LogP contribution in [-0.4, -0.2) is 36.1 Å². The highest BCUT2D eigenvalue weighted by molar-refractivity contribution is 6.31. The highest BCUT2D eigenvalue weighted by Crippen LogP contribution is 2.00. The minimum Gasteiger partial charge on any atom is -0.474 e. The lowest BCUT2D eigenvalue weighted by molar-refractivity contribution is -0.150. The van der Waals surface area contributed by atoms with Crippen LogP contribution in [0.4, 0.5) is 0 Å². The second-order valence-corrected chi connectivity index (χ2v) is 2.82. The molecule has 1 rings (SSSR count). The zero-order chi connectivity index (χ0) is 8.97. The molecule has 0 saturated carbocycles. The summed E-state index contributed by atoms with van der Waals surface area (Å²) in [6.45, 7) is 1.61. The molecule has 3 N–H and O–H groups in total. The maximum atomic E-state index is 10.7. The van der Waals surface area contributed by atoms with Crippen LogP contribution in [0.2, 0.25) is 0 Å². The van der Waals surface area contributed by atoms with E-state index in [9.17, 15) is 9.59 Å². The van der Waals surface area contributed by atoms with E-state index in [0.717, 1.165) is 19.4 Å². The number of hydrogen-bond acceptors (Lipinski definition) is 3. The molecule has 1 saturated heterocycles. The SMILES string of the molecule is O=C(O)C(=O)NC1CCCNC1. The number of nitrogens with one attached hydrogen (secondary N) is 2. The van der Waals surface area contributed by atoms with Crippen LogP contribution in [0.25, 0.3) is 0 Å². The van der Waals surface area contributed by atoms with Crippen molar-refractivity contribution in [1.82, 2.24) is 10.6 Å². The molecule has 0 bridgehead atoms. The molecule has 1 aliphatic rings. The van der Waals surface area contributed by atoms with Gasteiger partial charge in [-0.25, -0.2) is 4.79 Å². The molecule has 0 aromatic rings. The van der Waals surface area contributed by atoms with E-state index in [4.69, 9.17) is 5.11 Å². The molecular formula is C7H12N2O3. The molecule has 0 spiro atoms. The molecule has 12 heavy (non-hydrogen) atoms. The number of carbonyl (C=O) groups excluding carboxylic acids is 1. The standard InChI is InChI=1S/C7H12N2O3/c10-6(7(11)12)9-5-2-1-3-8-4-5/h5,8H,1-4H2,(H,9,10)(H,11,12). The van der Waals surface area contributed by atoms with Crippen LogP contribution in [-0.2, 0) is 9.59 Å². The maximum Gasteiger partial charge on any atom is 0.394 e. The van der Waals surface area contributed by atoms with Gasteiger partial charge in [0.15, 0.2) is 0 Å². The van der Waals surface area contributed by atoms with Crippen molar-refractivity contribution in [3.8, 4) is 0 Å². The topological polar surface area (TPSA) is 78.4 Å². The van der Waals surface area contributed by atoms with Crippen LogP contribution in [0.5, 0.6) is 0 Å². The van der Waals surface area contributed by atoms with E-state index in [2.05, 4.69) is 10.6 Å². The van der Waals surface area contributed by atoms with Gasteiger partial charge in [-0.1, -0.05) is 0 Å². The van der Waals surface area contributed by atoms with Gasteiger partial charge in [-0.3, -0.25) is 4.79 Å². The minimum absolute atomic E-state index is 0.0256. The Bertz CT molecular complexity index is 187. The van der Waals surface area contributed by atoms with Gasteiger partial charge in [0.1, 0.15) is 0 Å². The van der Waals surface area contributed by atoms with Gasteiger partial charge < -0.3 is 15.7 Å². The van der Waals surface area contributed by atoms with Crippen LogP contribution in [0, 0.1) is 0 Å². The Morgan fingerprint density at radius 3 is 2.75 bits per heavy atom. The third kappa shape index (κ3) is 2.50. The van der Waals surface area contributed by atoms with Gasteiger partial charge in [-0.2, -0.15) is 0 Å². The number of aliphatic carboxylic acids is 1. The molecule has 0 aliphatic carbocycles. The number of carboxylic acid groups (broad SMARTS) is 1. The van der Waals surface area contributed by atoms with E-state index in [-0.39, 0.29) is 6.04 Å². The maximum absolute atomic E-state index is 10.7. The van der Waals surface area contributed by atoms with Crippen molar-refractivity contribution in [3.05, 3.63) is 0 Å². The Labute approximate surface area is 70.1 Å². The van der Waals surface area contributed by atoms with E-state index in [1.165, 1.54) is 0 Å². The molecule has 1 atom stereocenters. The normalized spacial score (nSPS) is 23.2. The number of rotatable bonds is 1. The van der Waals surface area contributed by atoms with Crippen molar-refractivity contribution in [2.24, 2.45) is 0 Å². The van der Waals surface area contributed by atoms with Gasteiger partial charge in [0, 0.05) is 12.6 Å². The fourth-order valence-electron chi connectivity index (χ4n) is 1.22. The van der Waals surface area contributed by atoms with Gasteiger partial charge in [-0.05, 0) is 19.4 Å². The van der Waals surface area contributed by atoms with E-state index in [1.54, 1.807) is 0 Å². The van der Waals surface area contributed by atoms with Gasteiger partial charge >= 0.3 is 11.9 Å². The summed E-state index contributed by atoms with van der Waals surface area (Å²) in [7, 11) is 0. The first-order valence-electron chi connectivity index (χ1n) is 3.94. The van der Waals surface area contributed by atoms with Crippen molar-refractivity contribution in [1.29, 1.82) is 0 Å². The third-order valence-electron chi connectivity index (χ3n) is 1.83. The number of piperidine rings is 1. The molecule has 0 radical (unpaired) electrons. The quantitative estimate of drug-likeness (QED) is 0.440. The first kappa shape index (κ1) is 8.99. The van der Waals surface area contributed by atoms with Crippen molar-refractivity contribution in [3.63, 3.8) is 0 Å². The van der Waals surface area contributed by atoms with Crippen LogP contribution in [0.3, 0.4) is 0 Å². The first-order valence-corrected chi connectivity index (χ1v) is 3.94. The number of carbonyl (C=O) groups is 2. The summed E-state index contributed by atoms with van der Waals surface area (Å²) in [6, 6.07) is -0.0256. The predicted molar refractivity (Wildman–Crippen MR) is 41.7 cm³/mol. The van der Waals surface area contributed by atoms with Crippen molar-refractivity contribution >= 4 is 11.9 Å². The van der Waals surface area contributed by atoms with Crippen molar-refractivity contribution < 1.29 is 14.7 Å². The van der Waals surface area contributed by atoms with Gasteiger partial charge in [0.25, 0.3) is 0 Å². The van der Waals surface area contributed by atoms with Gasteiger partial charge in [0.2, 0.25) is 0 Å². The van der Waals surface area contributed by atoms with Crippen molar-refractivity contribution in [2.75, 3.05) is 13.1 Å². The fraction of sp³-hybridized carbons (Fsp3) is 0.714. The molecule has 0 aromatic heterocycles. The lowest BCUT2D eigenvalue weighted by Crippen LogP contribution is -2.47. The molecule has 68 valence electrons. The zero-order valence-electron chi connectivity index (χ0n) is 6.67. The Balaban J connectivity index is 2.29. The monoisotopic (exact) mass is 172 g/mol. The average molecular weight is 172 g/mol. The highest BCUT2D eigenvalue weighted by atomic mass is 16.4. The average Bonchev–Trinajstić information content (AvgIpc) is 2.06. The Kier molecular flexibility index (Phi) is 3.04. The molecule has 5 nitrogen and oxygen atoms in total.